The molecule has 1 aromatic rings. The van der Waals surface area contributed by atoms with Crippen LogP contribution in [0.15, 0.2) is 30.3 Å². The summed E-state index contributed by atoms with van der Waals surface area (Å²) >= 11 is 0. The van der Waals surface area contributed by atoms with Crippen molar-refractivity contribution in [3.05, 3.63) is 35.9 Å². The standard InChI is InChI=1S/C20H32O3Si/c1-19(2,3)24(4,5)23-16-20(12-9-13-20)18(21)15-22-14-17-10-7-6-8-11-17/h6-8,10-11H,9,12-16H2,1-5H3. The summed E-state index contributed by atoms with van der Waals surface area (Å²) in [6, 6.07) is 9.99. The smallest absolute Gasteiger partial charge is 0.192 e. The fourth-order valence-corrected chi connectivity index (χ4v) is 3.70. The number of hydrogen-bond acceptors (Lipinski definition) is 3. The second kappa shape index (κ2) is 7.50. The van der Waals surface area contributed by atoms with Crippen LogP contribution in [0, 0.1) is 5.41 Å². The average molecular weight is 349 g/mol. The van der Waals surface area contributed by atoms with E-state index in [1.54, 1.807) is 0 Å². The van der Waals surface area contributed by atoms with Crippen molar-refractivity contribution < 1.29 is 14.0 Å². The highest BCUT2D eigenvalue weighted by Gasteiger charge is 2.47. The van der Waals surface area contributed by atoms with E-state index in [2.05, 4.69) is 33.9 Å². The fourth-order valence-electron chi connectivity index (χ4n) is 2.63. The molecule has 134 valence electrons. The van der Waals surface area contributed by atoms with E-state index in [-0.39, 0.29) is 22.8 Å². The van der Waals surface area contributed by atoms with Crippen LogP contribution < -0.4 is 0 Å². The Bertz CT molecular complexity index is 542. The SMILES string of the molecule is CC(C)(C)[Si](C)(C)OCC1(C(=O)COCc2ccccc2)CCC1. The molecule has 1 fully saturated rings. The number of carbonyl (C=O) groups is 1. The van der Waals surface area contributed by atoms with Gasteiger partial charge in [-0.1, -0.05) is 57.5 Å². The number of ether oxygens (including phenoxy) is 1. The number of rotatable bonds is 8. The minimum absolute atomic E-state index is 0.171. The molecule has 1 aromatic carbocycles. The number of hydrogen-bond donors (Lipinski definition) is 0. The van der Waals surface area contributed by atoms with Gasteiger partial charge >= 0.3 is 0 Å². The fraction of sp³-hybridized carbons (Fsp3) is 0.650. The first-order valence-corrected chi connectivity index (χ1v) is 11.9. The summed E-state index contributed by atoms with van der Waals surface area (Å²) in [5.74, 6) is 0.211. The Morgan fingerprint density at radius 2 is 1.79 bits per heavy atom. The van der Waals surface area contributed by atoms with Gasteiger partial charge in [-0.05, 0) is 36.5 Å². The molecule has 0 radical (unpaired) electrons. The maximum Gasteiger partial charge on any atom is 0.192 e. The molecule has 0 aromatic heterocycles. The summed E-state index contributed by atoms with van der Waals surface area (Å²) in [7, 11) is -1.82. The van der Waals surface area contributed by atoms with Crippen LogP contribution in [0.4, 0.5) is 0 Å². The molecular weight excluding hydrogens is 316 g/mol. The molecule has 0 amide bonds. The highest BCUT2D eigenvalue weighted by atomic mass is 28.4. The summed E-state index contributed by atoms with van der Waals surface area (Å²) in [5.41, 5.74) is 0.803. The van der Waals surface area contributed by atoms with Gasteiger partial charge < -0.3 is 9.16 Å². The van der Waals surface area contributed by atoms with Crippen molar-refractivity contribution in [2.24, 2.45) is 5.41 Å². The Balaban J connectivity index is 1.86. The Morgan fingerprint density at radius 3 is 2.29 bits per heavy atom. The average Bonchev–Trinajstić information content (AvgIpc) is 2.46. The van der Waals surface area contributed by atoms with Gasteiger partial charge in [-0.3, -0.25) is 4.79 Å². The first kappa shape index (κ1) is 19.4. The maximum atomic E-state index is 12.7. The van der Waals surface area contributed by atoms with E-state index in [4.69, 9.17) is 9.16 Å². The van der Waals surface area contributed by atoms with Gasteiger partial charge in [0.05, 0.1) is 12.0 Å². The molecule has 0 unspecified atom stereocenters. The first-order valence-electron chi connectivity index (χ1n) is 8.95. The molecule has 1 aliphatic carbocycles. The van der Waals surface area contributed by atoms with E-state index in [1.807, 2.05) is 30.3 Å². The zero-order valence-corrected chi connectivity index (χ0v) is 16.9. The van der Waals surface area contributed by atoms with Crippen molar-refractivity contribution >= 4 is 14.1 Å². The molecule has 0 bridgehead atoms. The van der Waals surface area contributed by atoms with Crippen molar-refractivity contribution in [1.29, 1.82) is 0 Å². The normalized spacial score (nSPS) is 17.4. The Morgan fingerprint density at radius 1 is 1.17 bits per heavy atom. The molecule has 0 spiro atoms. The molecule has 4 heteroatoms. The monoisotopic (exact) mass is 348 g/mol. The molecule has 0 heterocycles. The van der Waals surface area contributed by atoms with Crippen molar-refractivity contribution in [2.75, 3.05) is 13.2 Å². The van der Waals surface area contributed by atoms with Gasteiger partial charge in [0, 0.05) is 6.61 Å². The van der Waals surface area contributed by atoms with Crippen molar-refractivity contribution in [1.82, 2.24) is 0 Å². The predicted octanol–water partition coefficient (Wildman–Crippen LogP) is 4.96. The molecule has 0 atom stereocenters. The molecule has 0 aliphatic heterocycles. The topological polar surface area (TPSA) is 35.5 Å². The summed E-state index contributed by atoms with van der Waals surface area (Å²) in [6.45, 7) is 12.4. The van der Waals surface area contributed by atoms with Gasteiger partial charge in [-0.2, -0.15) is 0 Å². The van der Waals surface area contributed by atoms with Gasteiger partial charge in [0.2, 0.25) is 0 Å². The molecule has 0 N–H and O–H groups in total. The molecule has 0 saturated heterocycles. The van der Waals surface area contributed by atoms with Gasteiger partial charge in [0.25, 0.3) is 0 Å². The molecule has 1 saturated carbocycles. The molecular formula is C20H32O3Si. The third-order valence-corrected chi connectivity index (χ3v) is 10.2. The minimum Gasteiger partial charge on any atom is -0.416 e. The lowest BCUT2D eigenvalue weighted by atomic mass is 9.67. The summed E-state index contributed by atoms with van der Waals surface area (Å²) < 4.78 is 12.0. The first-order chi connectivity index (χ1) is 11.2. The van der Waals surface area contributed by atoms with Crippen molar-refractivity contribution in [3.8, 4) is 0 Å². The van der Waals surface area contributed by atoms with Gasteiger partial charge in [0.1, 0.15) is 6.61 Å². The maximum absolute atomic E-state index is 12.7. The van der Waals surface area contributed by atoms with Crippen molar-refractivity contribution in [2.45, 2.75) is 64.8 Å². The quantitative estimate of drug-likeness (QED) is 0.623. The largest absolute Gasteiger partial charge is 0.416 e. The van der Waals surface area contributed by atoms with Crippen LogP contribution in [-0.2, 0) is 20.6 Å². The van der Waals surface area contributed by atoms with Crippen LogP contribution in [0.1, 0.15) is 45.6 Å². The molecule has 2 rings (SSSR count). The highest BCUT2D eigenvalue weighted by Crippen LogP contribution is 2.45. The van der Waals surface area contributed by atoms with Crippen LogP contribution in [-0.4, -0.2) is 27.3 Å². The molecule has 3 nitrogen and oxygen atoms in total. The van der Waals surface area contributed by atoms with Gasteiger partial charge in [-0.15, -0.1) is 0 Å². The Labute approximate surface area is 147 Å². The third kappa shape index (κ3) is 4.56. The van der Waals surface area contributed by atoms with E-state index < -0.39 is 8.32 Å². The number of carbonyl (C=O) groups excluding carboxylic acids is 1. The van der Waals surface area contributed by atoms with E-state index in [0.717, 1.165) is 24.8 Å². The van der Waals surface area contributed by atoms with Crippen LogP contribution in [0.5, 0.6) is 0 Å². The van der Waals surface area contributed by atoms with Crippen LogP contribution >= 0.6 is 0 Å². The number of ketones is 1. The lowest BCUT2D eigenvalue weighted by Gasteiger charge is -2.44. The predicted molar refractivity (Wildman–Crippen MR) is 101 cm³/mol. The van der Waals surface area contributed by atoms with E-state index in [9.17, 15) is 4.79 Å². The summed E-state index contributed by atoms with van der Waals surface area (Å²) in [4.78, 5) is 12.7. The van der Waals surface area contributed by atoms with Crippen LogP contribution in [0.25, 0.3) is 0 Å². The Hall–Kier alpha value is -0.973. The Kier molecular flexibility index (Phi) is 6.05. The molecule has 24 heavy (non-hydrogen) atoms. The highest BCUT2D eigenvalue weighted by molar-refractivity contribution is 6.74. The van der Waals surface area contributed by atoms with Crippen LogP contribution in [0.3, 0.4) is 0 Å². The zero-order chi connectivity index (χ0) is 17.8. The summed E-state index contributed by atoms with van der Waals surface area (Å²) in [5, 5.41) is 0.171. The third-order valence-electron chi connectivity index (χ3n) is 5.76. The number of benzene rings is 1. The van der Waals surface area contributed by atoms with E-state index in [1.165, 1.54) is 0 Å². The molecule has 1 aliphatic rings. The lowest BCUT2D eigenvalue weighted by Crippen LogP contribution is -2.49. The van der Waals surface area contributed by atoms with E-state index >= 15 is 0 Å². The second-order valence-electron chi connectivity index (χ2n) is 8.58. The zero-order valence-electron chi connectivity index (χ0n) is 15.9. The number of Topliss-reactive ketones (excluding diaryl/α,β-unsaturated/α-hetero) is 1. The van der Waals surface area contributed by atoms with E-state index in [0.29, 0.717) is 13.2 Å². The van der Waals surface area contributed by atoms with Crippen LogP contribution in [0.2, 0.25) is 18.1 Å². The van der Waals surface area contributed by atoms with Crippen molar-refractivity contribution in [3.63, 3.8) is 0 Å². The summed E-state index contributed by atoms with van der Waals surface area (Å²) in [6.07, 6.45) is 3.00. The van der Waals surface area contributed by atoms with Gasteiger partial charge in [-0.25, -0.2) is 0 Å². The lowest BCUT2D eigenvalue weighted by molar-refractivity contribution is -0.141. The van der Waals surface area contributed by atoms with Gasteiger partial charge in [0.15, 0.2) is 14.1 Å². The second-order valence-corrected chi connectivity index (χ2v) is 13.4. The minimum atomic E-state index is -1.82.